The van der Waals surface area contributed by atoms with Crippen LogP contribution in [-0.2, 0) is 0 Å². The van der Waals surface area contributed by atoms with Gasteiger partial charge in [-0.15, -0.1) is 0 Å². The quantitative estimate of drug-likeness (QED) is 0.920. The molecular formula is C20H24N4O2. The first kappa shape index (κ1) is 17.0. The van der Waals surface area contributed by atoms with Gasteiger partial charge in [0.2, 0.25) is 0 Å². The van der Waals surface area contributed by atoms with Crippen LogP contribution < -0.4 is 10.1 Å². The summed E-state index contributed by atoms with van der Waals surface area (Å²) in [5.74, 6) is 0.689. The van der Waals surface area contributed by atoms with Crippen LogP contribution in [0.2, 0.25) is 0 Å². The minimum absolute atomic E-state index is 0.0809. The number of hydrogen-bond donors (Lipinski definition) is 1. The molecule has 1 aromatic heterocycles. The summed E-state index contributed by atoms with van der Waals surface area (Å²) in [5.41, 5.74) is 1.17. The van der Waals surface area contributed by atoms with E-state index in [0.29, 0.717) is 5.69 Å². The van der Waals surface area contributed by atoms with Gasteiger partial charge in [-0.2, -0.15) is 0 Å². The molecule has 3 heterocycles. The Balaban J connectivity index is 1.58. The number of nitrogens with one attached hydrogen (secondary N) is 1. The van der Waals surface area contributed by atoms with E-state index in [1.54, 1.807) is 6.20 Å². The molecule has 2 aliphatic rings. The molecule has 1 unspecified atom stereocenters. The van der Waals surface area contributed by atoms with E-state index >= 15 is 0 Å². The fourth-order valence-corrected chi connectivity index (χ4v) is 3.98. The van der Waals surface area contributed by atoms with Gasteiger partial charge in [-0.25, -0.2) is 4.98 Å². The average Bonchev–Trinajstić information content (AvgIpc) is 2.69. The Morgan fingerprint density at radius 1 is 1.31 bits per heavy atom. The number of carbonyl (C=O) groups is 1. The van der Waals surface area contributed by atoms with Gasteiger partial charge in [0.1, 0.15) is 17.0 Å². The van der Waals surface area contributed by atoms with Gasteiger partial charge in [-0.1, -0.05) is 25.1 Å². The lowest BCUT2D eigenvalue weighted by atomic mass is 9.80. The minimum atomic E-state index is -0.208. The first-order valence-electron chi connectivity index (χ1n) is 9.26. The van der Waals surface area contributed by atoms with Crippen LogP contribution in [0.1, 0.15) is 48.3 Å². The summed E-state index contributed by atoms with van der Waals surface area (Å²) in [7, 11) is 0. The standard InChI is InChI=1S/C20H24N4O2/c1-2-24-11-7-20(8-12-24)13-16(15-5-3-4-6-18(15)26-20)23-19(25)17-14-21-9-10-22-17/h3-6,9-10,14,16H,2,7-8,11-13H2,1H3,(H,23,25). The van der Waals surface area contributed by atoms with Crippen LogP contribution in [0.4, 0.5) is 0 Å². The van der Waals surface area contributed by atoms with Gasteiger partial charge >= 0.3 is 0 Å². The van der Waals surface area contributed by atoms with E-state index in [2.05, 4.69) is 27.1 Å². The zero-order valence-corrected chi connectivity index (χ0v) is 15.0. The lowest BCUT2D eigenvalue weighted by Crippen LogP contribution is -2.52. The molecule has 136 valence electrons. The van der Waals surface area contributed by atoms with E-state index in [-0.39, 0.29) is 17.6 Å². The summed E-state index contributed by atoms with van der Waals surface area (Å²) in [4.78, 5) is 23.2. The van der Waals surface area contributed by atoms with Crippen molar-refractivity contribution in [2.75, 3.05) is 19.6 Å². The number of rotatable bonds is 3. The van der Waals surface area contributed by atoms with Gasteiger partial charge in [-0.05, 0) is 25.5 Å². The number of piperidine rings is 1. The molecule has 0 radical (unpaired) electrons. The predicted octanol–water partition coefficient (Wildman–Crippen LogP) is 2.58. The Kier molecular flexibility index (Phi) is 4.59. The van der Waals surface area contributed by atoms with Crippen molar-refractivity contribution in [3.05, 3.63) is 54.1 Å². The Labute approximate surface area is 153 Å². The fourth-order valence-electron chi connectivity index (χ4n) is 3.98. The van der Waals surface area contributed by atoms with Crippen molar-refractivity contribution < 1.29 is 9.53 Å². The van der Waals surface area contributed by atoms with Crippen LogP contribution in [0.25, 0.3) is 0 Å². The van der Waals surface area contributed by atoms with Crippen molar-refractivity contribution in [2.45, 2.75) is 37.8 Å². The topological polar surface area (TPSA) is 67.4 Å². The van der Waals surface area contributed by atoms with Crippen LogP contribution in [0.5, 0.6) is 5.75 Å². The van der Waals surface area contributed by atoms with Crippen molar-refractivity contribution in [1.82, 2.24) is 20.2 Å². The Bertz CT molecular complexity index is 772. The minimum Gasteiger partial charge on any atom is -0.487 e. The number of carbonyl (C=O) groups excluding carboxylic acids is 1. The summed E-state index contributed by atoms with van der Waals surface area (Å²) in [6, 6.07) is 7.93. The monoisotopic (exact) mass is 352 g/mol. The number of hydrogen-bond acceptors (Lipinski definition) is 5. The molecule has 1 atom stereocenters. The van der Waals surface area contributed by atoms with Crippen LogP contribution in [0.15, 0.2) is 42.9 Å². The molecule has 6 nitrogen and oxygen atoms in total. The molecular weight excluding hydrogens is 328 g/mol. The molecule has 0 bridgehead atoms. The molecule has 1 saturated heterocycles. The first-order valence-corrected chi connectivity index (χ1v) is 9.26. The van der Waals surface area contributed by atoms with Crippen molar-refractivity contribution in [2.24, 2.45) is 0 Å². The lowest BCUT2D eigenvalue weighted by Gasteiger charge is -2.46. The van der Waals surface area contributed by atoms with Gasteiger partial charge < -0.3 is 15.0 Å². The molecule has 1 spiro atoms. The first-order chi connectivity index (χ1) is 12.7. The number of aromatic nitrogens is 2. The highest BCUT2D eigenvalue weighted by Crippen LogP contribution is 2.44. The highest BCUT2D eigenvalue weighted by molar-refractivity contribution is 5.92. The Morgan fingerprint density at radius 3 is 2.85 bits per heavy atom. The highest BCUT2D eigenvalue weighted by atomic mass is 16.5. The van der Waals surface area contributed by atoms with Crippen LogP contribution in [0.3, 0.4) is 0 Å². The van der Waals surface area contributed by atoms with E-state index in [9.17, 15) is 4.79 Å². The number of fused-ring (bicyclic) bond motifs is 1. The number of benzene rings is 1. The second kappa shape index (κ2) is 7.03. The van der Waals surface area contributed by atoms with Gasteiger partial charge in [0.05, 0.1) is 12.2 Å². The Morgan fingerprint density at radius 2 is 2.12 bits per heavy atom. The molecule has 2 aliphatic heterocycles. The molecule has 26 heavy (non-hydrogen) atoms. The van der Waals surface area contributed by atoms with Crippen LogP contribution in [-0.4, -0.2) is 46.0 Å². The highest BCUT2D eigenvalue weighted by Gasteiger charge is 2.43. The molecule has 2 aromatic rings. The van der Waals surface area contributed by atoms with Crippen molar-refractivity contribution in [3.8, 4) is 5.75 Å². The number of ether oxygens (including phenoxy) is 1. The zero-order chi connectivity index (χ0) is 18.0. The van der Waals surface area contributed by atoms with Crippen molar-refractivity contribution in [3.63, 3.8) is 0 Å². The fraction of sp³-hybridized carbons (Fsp3) is 0.450. The summed E-state index contributed by atoms with van der Waals surface area (Å²) < 4.78 is 6.46. The Hall–Kier alpha value is -2.47. The number of para-hydroxylation sites is 1. The van der Waals surface area contributed by atoms with Crippen molar-refractivity contribution >= 4 is 5.91 Å². The second-order valence-electron chi connectivity index (χ2n) is 7.08. The summed E-state index contributed by atoms with van der Waals surface area (Å²) in [6.45, 7) is 5.32. The number of amides is 1. The SMILES string of the molecule is CCN1CCC2(CC1)CC(NC(=O)c1cnccn1)c1ccccc1O2. The molecule has 4 rings (SSSR count). The van der Waals surface area contributed by atoms with Gasteiger partial charge in [0.15, 0.2) is 0 Å². The summed E-state index contributed by atoms with van der Waals surface area (Å²) in [6.07, 6.45) is 7.34. The average molecular weight is 352 g/mol. The molecule has 0 aliphatic carbocycles. The molecule has 0 saturated carbocycles. The van der Waals surface area contributed by atoms with Gasteiger partial charge in [0, 0.05) is 37.5 Å². The molecule has 1 aromatic carbocycles. The van der Waals surface area contributed by atoms with Gasteiger partial charge in [-0.3, -0.25) is 9.78 Å². The third-order valence-electron chi connectivity index (χ3n) is 5.51. The normalized spacial score (nSPS) is 21.7. The van der Waals surface area contributed by atoms with E-state index in [0.717, 1.165) is 50.2 Å². The van der Waals surface area contributed by atoms with Crippen LogP contribution >= 0.6 is 0 Å². The molecule has 1 fully saturated rings. The van der Waals surface area contributed by atoms with Crippen molar-refractivity contribution in [1.29, 1.82) is 0 Å². The summed E-state index contributed by atoms with van der Waals surface area (Å²) in [5, 5.41) is 3.15. The molecule has 1 amide bonds. The van der Waals surface area contributed by atoms with E-state index in [1.165, 1.54) is 12.4 Å². The second-order valence-corrected chi connectivity index (χ2v) is 7.08. The van der Waals surface area contributed by atoms with Crippen LogP contribution in [0, 0.1) is 0 Å². The maximum absolute atomic E-state index is 12.6. The summed E-state index contributed by atoms with van der Waals surface area (Å²) >= 11 is 0. The zero-order valence-electron chi connectivity index (χ0n) is 15.0. The van der Waals surface area contributed by atoms with E-state index < -0.39 is 0 Å². The molecule has 1 N–H and O–H groups in total. The number of likely N-dealkylation sites (tertiary alicyclic amines) is 1. The van der Waals surface area contributed by atoms with E-state index in [4.69, 9.17) is 4.74 Å². The largest absolute Gasteiger partial charge is 0.487 e. The maximum Gasteiger partial charge on any atom is 0.271 e. The van der Waals surface area contributed by atoms with E-state index in [1.807, 2.05) is 24.3 Å². The number of nitrogens with zero attached hydrogens (tertiary/aromatic N) is 3. The lowest BCUT2D eigenvalue weighted by molar-refractivity contribution is -0.0235. The maximum atomic E-state index is 12.6. The molecule has 6 heteroatoms. The smallest absolute Gasteiger partial charge is 0.271 e. The third-order valence-corrected chi connectivity index (χ3v) is 5.51. The van der Waals surface area contributed by atoms with Gasteiger partial charge in [0.25, 0.3) is 5.91 Å². The third kappa shape index (κ3) is 3.29. The predicted molar refractivity (Wildman–Crippen MR) is 98.0 cm³/mol.